The van der Waals surface area contributed by atoms with E-state index < -0.39 is 5.97 Å². The first-order chi connectivity index (χ1) is 7.63. The Labute approximate surface area is 110 Å². The number of carbonyl (C=O) groups is 1. The van der Waals surface area contributed by atoms with Gasteiger partial charge in [-0.2, -0.15) is 0 Å². The van der Waals surface area contributed by atoms with E-state index in [-0.39, 0.29) is 0 Å². The number of carboxylic acids is 1. The Bertz CT molecular complexity index is 548. The summed E-state index contributed by atoms with van der Waals surface area (Å²) in [5, 5.41) is 10.2. The van der Waals surface area contributed by atoms with Crippen LogP contribution in [0.3, 0.4) is 0 Å². The molecule has 0 atom stereocenters. The van der Waals surface area contributed by atoms with Crippen molar-refractivity contribution in [3.8, 4) is 0 Å². The van der Waals surface area contributed by atoms with E-state index in [0.717, 1.165) is 25.2 Å². The molecule has 5 heteroatoms. The average Bonchev–Trinajstić information content (AvgIpc) is 2.58. The standard InChI is InChI=1S/C11H9BrO2S2/c1-2-15-9-7-5-6(12)3-4-8(7)16-10(9)11(13)14/h3-5H,2H2,1H3,(H,13,14). The third-order valence-corrected chi connectivity index (χ3v) is 4.87. The van der Waals surface area contributed by atoms with Crippen molar-refractivity contribution in [2.24, 2.45) is 0 Å². The van der Waals surface area contributed by atoms with Gasteiger partial charge in [-0.1, -0.05) is 22.9 Å². The molecule has 84 valence electrons. The molecule has 0 amide bonds. The number of thioether (sulfide) groups is 1. The van der Waals surface area contributed by atoms with Gasteiger partial charge in [0.25, 0.3) is 0 Å². The number of carboxylic acid groups (broad SMARTS) is 1. The molecule has 0 saturated heterocycles. The molecule has 0 radical (unpaired) electrons. The maximum absolute atomic E-state index is 11.1. The third kappa shape index (κ3) is 2.12. The van der Waals surface area contributed by atoms with E-state index >= 15 is 0 Å². The Morgan fingerprint density at radius 3 is 2.94 bits per heavy atom. The van der Waals surface area contributed by atoms with Crippen LogP contribution in [0.4, 0.5) is 0 Å². The van der Waals surface area contributed by atoms with Gasteiger partial charge in [0.05, 0.1) is 0 Å². The van der Waals surface area contributed by atoms with E-state index in [1.165, 1.54) is 11.3 Å². The summed E-state index contributed by atoms with van der Waals surface area (Å²) in [7, 11) is 0. The molecule has 0 fully saturated rings. The van der Waals surface area contributed by atoms with Crippen molar-refractivity contribution in [1.29, 1.82) is 0 Å². The summed E-state index contributed by atoms with van der Waals surface area (Å²) < 4.78 is 2.00. The van der Waals surface area contributed by atoms with E-state index in [2.05, 4.69) is 15.9 Å². The molecule has 2 nitrogen and oxygen atoms in total. The lowest BCUT2D eigenvalue weighted by Gasteiger charge is -1.98. The number of aromatic carboxylic acids is 1. The molecular weight excluding hydrogens is 308 g/mol. The van der Waals surface area contributed by atoms with Crippen LogP contribution in [-0.2, 0) is 0 Å². The van der Waals surface area contributed by atoms with Crippen LogP contribution in [0.2, 0.25) is 0 Å². The second-order valence-corrected chi connectivity index (χ2v) is 6.38. The Hall–Kier alpha value is -0.520. The molecule has 1 aromatic carbocycles. The lowest BCUT2D eigenvalue weighted by molar-refractivity contribution is 0.0699. The maximum atomic E-state index is 11.1. The quantitative estimate of drug-likeness (QED) is 0.849. The molecule has 0 aliphatic heterocycles. The van der Waals surface area contributed by atoms with E-state index in [0.29, 0.717) is 4.88 Å². The second kappa shape index (κ2) is 4.77. The molecule has 0 saturated carbocycles. The van der Waals surface area contributed by atoms with E-state index in [1.807, 2.05) is 25.1 Å². The molecular formula is C11H9BrO2S2. The number of rotatable bonds is 3. The molecule has 1 N–H and O–H groups in total. The van der Waals surface area contributed by atoms with E-state index in [1.54, 1.807) is 11.8 Å². The minimum Gasteiger partial charge on any atom is -0.477 e. The SMILES string of the molecule is CCSc1c(C(=O)O)sc2ccc(Br)cc12. The van der Waals surface area contributed by atoms with Gasteiger partial charge >= 0.3 is 5.97 Å². The minimum absolute atomic E-state index is 0.444. The van der Waals surface area contributed by atoms with E-state index in [4.69, 9.17) is 5.11 Å². The lowest BCUT2D eigenvalue weighted by Crippen LogP contribution is -1.93. The molecule has 2 rings (SSSR count). The van der Waals surface area contributed by atoms with Crippen molar-refractivity contribution in [2.45, 2.75) is 11.8 Å². The van der Waals surface area contributed by atoms with Crippen LogP contribution < -0.4 is 0 Å². The van der Waals surface area contributed by atoms with Gasteiger partial charge in [-0.15, -0.1) is 23.1 Å². The first-order valence-electron chi connectivity index (χ1n) is 4.71. The van der Waals surface area contributed by atoms with Gasteiger partial charge in [-0.05, 0) is 24.0 Å². The predicted octanol–water partition coefficient (Wildman–Crippen LogP) is 4.47. The summed E-state index contributed by atoms with van der Waals surface area (Å²) in [4.78, 5) is 12.5. The highest BCUT2D eigenvalue weighted by Crippen LogP contribution is 2.39. The Morgan fingerprint density at radius 1 is 1.56 bits per heavy atom. The fourth-order valence-electron chi connectivity index (χ4n) is 1.48. The van der Waals surface area contributed by atoms with Crippen molar-refractivity contribution in [3.05, 3.63) is 27.5 Å². The highest BCUT2D eigenvalue weighted by atomic mass is 79.9. The lowest BCUT2D eigenvalue weighted by atomic mass is 10.2. The largest absolute Gasteiger partial charge is 0.477 e. The Morgan fingerprint density at radius 2 is 2.31 bits per heavy atom. The van der Waals surface area contributed by atoms with Gasteiger partial charge in [0.1, 0.15) is 4.88 Å². The van der Waals surface area contributed by atoms with Crippen LogP contribution in [0.15, 0.2) is 27.6 Å². The summed E-state index contributed by atoms with van der Waals surface area (Å²) in [5.41, 5.74) is 0. The number of fused-ring (bicyclic) bond motifs is 1. The molecule has 16 heavy (non-hydrogen) atoms. The van der Waals surface area contributed by atoms with Crippen molar-refractivity contribution >= 4 is 55.1 Å². The molecule has 0 aliphatic rings. The molecule has 2 aromatic rings. The maximum Gasteiger partial charge on any atom is 0.347 e. The molecule has 1 aromatic heterocycles. The summed E-state index contributed by atoms with van der Waals surface area (Å²) in [6, 6.07) is 5.87. The summed E-state index contributed by atoms with van der Waals surface area (Å²) >= 11 is 6.34. The summed E-state index contributed by atoms with van der Waals surface area (Å²) in [5.74, 6) is 0.0341. The third-order valence-electron chi connectivity index (χ3n) is 2.09. The zero-order valence-electron chi connectivity index (χ0n) is 8.49. The Kier molecular flexibility index (Phi) is 3.56. The zero-order valence-corrected chi connectivity index (χ0v) is 11.7. The highest BCUT2D eigenvalue weighted by molar-refractivity contribution is 9.10. The number of thiophene rings is 1. The summed E-state index contributed by atoms with van der Waals surface area (Å²) in [6.07, 6.45) is 0. The number of halogens is 1. The highest BCUT2D eigenvalue weighted by Gasteiger charge is 2.17. The van der Waals surface area contributed by atoms with Crippen molar-refractivity contribution in [1.82, 2.24) is 0 Å². The van der Waals surface area contributed by atoms with Crippen LogP contribution in [0, 0.1) is 0 Å². The normalized spacial score (nSPS) is 10.9. The molecule has 0 bridgehead atoms. The topological polar surface area (TPSA) is 37.3 Å². The second-order valence-electron chi connectivity index (χ2n) is 3.14. The fourth-order valence-corrected chi connectivity index (χ4v) is 3.95. The van der Waals surface area contributed by atoms with Crippen LogP contribution >= 0.6 is 39.0 Å². The predicted molar refractivity (Wildman–Crippen MR) is 72.9 cm³/mol. The molecule has 0 unspecified atom stereocenters. The van der Waals surface area contributed by atoms with Gasteiger partial charge in [-0.3, -0.25) is 0 Å². The van der Waals surface area contributed by atoms with Gasteiger partial charge in [0, 0.05) is 19.5 Å². The monoisotopic (exact) mass is 316 g/mol. The first-order valence-corrected chi connectivity index (χ1v) is 7.31. The van der Waals surface area contributed by atoms with Gasteiger partial charge in [-0.25, -0.2) is 4.79 Å². The minimum atomic E-state index is -0.840. The van der Waals surface area contributed by atoms with Gasteiger partial charge in [0.15, 0.2) is 0 Å². The van der Waals surface area contributed by atoms with Crippen molar-refractivity contribution in [3.63, 3.8) is 0 Å². The molecule has 0 aliphatic carbocycles. The Balaban J connectivity index is 2.71. The first kappa shape index (κ1) is 12.0. The smallest absolute Gasteiger partial charge is 0.347 e. The molecule has 0 spiro atoms. The summed E-state index contributed by atoms with van der Waals surface area (Å²) in [6.45, 7) is 2.03. The van der Waals surface area contributed by atoms with Crippen LogP contribution in [0.1, 0.15) is 16.6 Å². The number of hydrogen-bond donors (Lipinski definition) is 1. The van der Waals surface area contributed by atoms with Gasteiger partial charge in [0.2, 0.25) is 0 Å². The average molecular weight is 317 g/mol. The van der Waals surface area contributed by atoms with Crippen molar-refractivity contribution < 1.29 is 9.90 Å². The fraction of sp³-hybridized carbons (Fsp3) is 0.182. The number of hydrogen-bond acceptors (Lipinski definition) is 3. The van der Waals surface area contributed by atoms with Crippen LogP contribution in [-0.4, -0.2) is 16.8 Å². The van der Waals surface area contributed by atoms with E-state index in [9.17, 15) is 4.79 Å². The van der Waals surface area contributed by atoms with Crippen molar-refractivity contribution in [2.75, 3.05) is 5.75 Å². The van der Waals surface area contributed by atoms with Crippen LogP contribution in [0.25, 0.3) is 10.1 Å². The van der Waals surface area contributed by atoms with Gasteiger partial charge < -0.3 is 5.11 Å². The zero-order chi connectivity index (χ0) is 11.7. The molecule has 1 heterocycles. The number of benzene rings is 1. The van der Waals surface area contributed by atoms with Crippen LogP contribution in [0.5, 0.6) is 0 Å².